The maximum Gasteiger partial charge on any atom is 0.257 e. The zero-order chi connectivity index (χ0) is 10.7. The Morgan fingerprint density at radius 1 is 1.64 bits per heavy atom. The zero-order valence-corrected chi connectivity index (χ0v) is 9.28. The number of aromatic amines is 1. The van der Waals surface area contributed by atoms with Crippen LogP contribution in [0.25, 0.3) is 0 Å². The Bertz CT molecular complexity index is 456. The van der Waals surface area contributed by atoms with Gasteiger partial charge in [-0.25, -0.2) is 0 Å². The molecule has 0 unspecified atom stereocenters. The van der Waals surface area contributed by atoms with Crippen LogP contribution in [0.3, 0.4) is 0 Å². The Balaban J connectivity index is 3.49. The first kappa shape index (κ1) is 10.9. The van der Waals surface area contributed by atoms with Crippen LogP contribution in [0.5, 0.6) is 0 Å². The van der Waals surface area contributed by atoms with Crippen molar-refractivity contribution in [2.24, 2.45) is 0 Å². The molecule has 0 aromatic carbocycles. The fourth-order valence-corrected chi connectivity index (χ4v) is 1.64. The van der Waals surface area contributed by atoms with E-state index in [0.717, 1.165) is 17.7 Å². The number of aromatic nitrogens is 2. The largest absolute Gasteiger partial charge is 0.335 e. The fraction of sp³-hybridized carbons (Fsp3) is 0.400. The average molecular weight is 210 g/mol. The van der Waals surface area contributed by atoms with Gasteiger partial charge < -0.3 is 4.98 Å². The van der Waals surface area contributed by atoms with Gasteiger partial charge in [0.15, 0.2) is 4.77 Å². The molecule has 1 heterocycles. The Labute approximate surface area is 88.1 Å². The molecule has 0 aliphatic heterocycles. The molecule has 76 valence electrons. The maximum absolute atomic E-state index is 11.8. The summed E-state index contributed by atoms with van der Waals surface area (Å²) < 4.78 is 1.98. The van der Waals surface area contributed by atoms with Crippen LogP contribution < -0.4 is 5.56 Å². The van der Waals surface area contributed by atoms with Crippen molar-refractivity contribution in [2.45, 2.75) is 26.8 Å². The lowest BCUT2D eigenvalue weighted by molar-refractivity contribution is 0.715. The Hall–Kier alpha value is -1.16. The van der Waals surface area contributed by atoms with Crippen molar-refractivity contribution in [3.63, 3.8) is 0 Å². The predicted octanol–water partition coefficient (Wildman–Crippen LogP) is 1.96. The van der Waals surface area contributed by atoms with Crippen LogP contribution in [0, 0.1) is 11.7 Å². The monoisotopic (exact) mass is 210 g/mol. The molecule has 0 fully saturated rings. The third kappa shape index (κ3) is 1.85. The standard InChI is InChI=1S/C10H14N2OS/c1-4-6-12-9(13)7(3)8(5-2)11-10(12)14/h4H,1,5-6H2,2-3H3,(H,11,14). The lowest BCUT2D eigenvalue weighted by atomic mass is 10.2. The summed E-state index contributed by atoms with van der Waals surface area (Å²) >= 11 is 5.08. The minimum atomic E-state index is -0.0227. The molecule has 0 saturated heterocycles. The van der Waals surface area contributed by atoms with E-state index in [4.69, 9.17) is 12.2 Å². The van der Waals surface area contributed by atoms with Crippen LogP contribution in [0.15, 0.2) is 17.4 Å². The topological polar surface area (TPSA) is 37.8 Å². The Kier molecular flexibility index (Phi) is 3.41. The molecule has 0 amide bonds. The summed E-state index contributed by atoms with van der Waals surface area (Å²) in [7, 11) is 0. The molecule has 14 heavy (non-hydrogen) atoms. The number of hydrogen-bond donors (Lipinski definition) is 1. The van der Waals surface area contributed by atoms with E-state index in [1.807, 2.05) is 13.8 Å². The van der Waals surface area contributed by atoms with E-state index in [-0.39, 0.29) is 5.56 Å². The third-order valence-corrected chi connectivity index (χ3v) is 2.51. The molecule has 3 nitrogen and oxygen atoms in total. The minimum Gasteiger partial charge on any atom is -0.335 e. The molecule has 0 radical (unpaired) electrons. The Morgan fingerprint density at radius 2 is 2.29 bits per heavy atom. The maximum atomic E-state index is 11.8. The van der Waals surface area contributed by atoms with Gasteiger partial charge in [0.05, 0.1) is 0 Å². The van der Waals surface area contributed by atoms with Gasteiger partial charge in [-0.05, 0) is 25.6 Å². The minimum absolute atomic E-state index is 0.0227. The quantitative estimate of drug-likeness (QED) is 0.611. The van der Waals surface area contributed by atoms with E-state index in [1.54, 1.807) is 6.08 Å². The molecule has 1 aromatic rings. The van der Waals surface area contributed by atoms with Gasteiger partial charge >= 0.3 is 0 Å². The molecule has 1 rings (SSSR count). The smallest absolute Gasteiger partial charge is 0.257 e. The first-order chi connectivity index (χ1) is 6.61. The summed E-state index contributed by atoms with van der Waals surface area (Å²) in [5, 5.41) is 0. The molecular formula is C10H14N2OS. The van der Waals surface area contributed by atoms with Crippen molar-refractivity contribution in [1.82, 2.24) is 9.55 Å². The van der Waals surface area contributed by atoms with Crippen molar-refractivity contribution in [3.8, 4) is 0 Å². The van der Waals surface area contributed by atoms with Gasteiger partial charge in [0, 0.05) is 17.8 Å². The zero-order valence-electron chi connectivity index (χ0n) is 8.46. The number of nitrogens with one attached hydrogen (secondary N) is 1. The molecule has 0 atom stereocenters. The van der Waals surface area contributed by atoms with Crippen LogP contribution in [0.2, 0.25) is 0 Å². The van der Waals surface area contributed by atoms with Crippen LogP contribution in [0.4, 0.5) is 0 Å². The van der Waals surface area contributed by atoms with Crippen LogP contribution in [0.1, 0.15) is 18.2 Å². The van der Waals surface area contributed by atoms with Gasteiger partial charge in [-0.15, -0.1) is 6.58 Å². The lowest BCUT2D eigenvalue weighted by Crippen LogP contribution is -2.25. The molecule has 4 heteroatoms. The van der Waals surface area contributed by atoms with Gasteiger partial charge in [-0.1, -0.05) is 13.0 Å². The van der Waals surface area contributed by atoms with Crippen molar-refractivity contribution < 1.29 is 0 Å². The normalized spacial score (nSPS) is 10.1. The van der Waals surface area contributed by atoms with Crippen LogP contribution >= 0.6 is 12.2 Å². The second kappa shape index (κ2) is 4.37. The SMILES string of the molecule is C=CCn1c(=S)[nH]c(CC)c(C)c1=O. The van der Waals surface area contributed by atoms with Crippen LogP contribution in [-0.2, 0) is 13.0 Å². The summed E-state index contributed by atoms with van der Waals surface area (Å²) in [5.41, 5.74) is 1.63. The molecule has 0 bridgehead atoms. The summed E-state index contributed by atoms with van der Waals surface area (Å²) in [6.07, 6.45) is 2.45. The van der Waals surface area contributed by atoms with E-state index >= 15 is 0 Å². The highest BCUT2D eigenvalue weighted by Crippen LogP contribution is 2.00. The molecule has 0 saturated carbocycles. The molecule has 0 aliphatic rings. The fourth-order valence-electron chi connectivity index (χ4n) is 1.36. The van der Waals surface area contributed by atoms with Crippen molar-refractivity contribution in [2.75, 3.05) is 0 Å². The molecular weight excluding hydrogens is 196 g/mol. The first-order valence-corrected chi connectivity index (χ1v) is 4.96. The number of hydrogen-bond acceptors (Lipinski definition) is 2. The van der Waals surface area contributed by atoms with E-state index in [1.165, 1.54) is 4.57 Å². The highest BCUT2D eigenvalue weighted by Gasteiger charge is 2.05. The van der Waals surface area contributed by atoms with E-state index in [2.05, 4.69) is 11.6 Å². The number of H-pyrrole nitrogens is 1. The number of aryl methyl sites for hydroxylation is 1. The van der Waals surface area contributed by atoms with Gasteiger partial charge in [0.1, 0.15) is 0 Å². The van der Waals surface area contributed by atoms with Gasteiger partial charge in [-0.2, -0.15) is 0 Å². The van der Waals surface area contributed by atoms with Crippen molar-refractivity contribution in [1.29, 1.82) is 0 Å². The average Bonchev–Trinajstić information content (AvgIpc) is 2.18. The molecule has 1 N–H and O–H groups in total. The second-order valence-electron chi connectivity index (χ2n) is 3.09. The number of allylic oxidation sites excluding steroid dienone is 1. The van der Waals surface area contributed by atoms with E-state index < -0.39 is 0 Å². The van der Waals surface area contributed by atoms with Gasteiger partial charge in [0.2, 0.25) is 0 Å². The molecule has 0 aliphatic carbocycles. The second-order valence-corrected chi connectivity index (χ2v) is 3.48. The third-order valence-electron chi connectivity index (χ3n) is 2.19. The Morgan fingerprint density at radius 3 is 2.79 bits per heavy atom. The van der Waals surface area contributed by atoms with Gasteiger partial charge in [0.25, 0.3) is 5.56 Å². The predicted molar refractivity (Wildman–Crippen MR) is 60.2 cm³/mol. The number of rotatable bonds is 3. The number of nitrogens with zero attached hydrogens (tertiary/aromatic N) is 1. The summed E-state index contributed by atoms with van der Waals surface area (Å²) in [4.78, 5) is 14.8. The summed E-state index contributed by atoms with van der Waals surface area (Å²) in [6.45, 7) is 7.85. The summed E-state index contributed by atoms with van der Waals surface area (Å²) in [6, 6.07) is 0. The first-order valence-electron chi connectivity index (χ1n) is 4.55. The highest BCUT2D eigenvalue weighted by atomic mass is 32.1. The summed E-state index contributed by atoms with van der Waals surface area (Å²) in [5.74, 6) is 0. The van der Waals surface area contributed by atoms with Crippen LogP contribution in [-0.4, -0.2) is 9.55 Å². The highest BCUT2D eigenvalue weighted by molar-refractivity contribution is 7.71. The molecule has 1 aromatic heterocycles. The van der Waals surface area contributed by atoms with Crippen molar-refractivity contribution in [3.05, 3.63) is 39.0 Å². The van der Waals surface area contributed by atoms with E-state index in [0.29, 0.717) is 11.3 Å². The van der Waals surface area contributed by atoms with Crippen molar-refractivity contribution >= 4 is 12.2 Å². The van der Waals surface area contributed by atoms with E-state index in [9.17, 15) is 4.79 Å². The molecule has 0 spiro atoms. The van der Waals surface area contributed by atoms with Gasteiger partial charge in [-0.3, -0.25) is 9.36 Å². The lowest BCUT2D eigenvalue weighted by Gasteiger charge is -2.07.